The number of hydrogen-bond acceptors (Lipinski definition) is 3. The van der Waals surface area contributed by atoms with Crippen LogP contribution >= 0.6 is 0 Å². The van der Waals surface area contributed by atoms with Crippen LogP contribution in [0.2, 0.25) is 0 Å². The number of carbonyl (C=O) groups is 1. The minimum atomic E-state index is -0.250. The third-order valence-corrected chi connectivity index (χ3v) is 3.32. The molecule has 0 unspecified atom stereocenters. The van der Waals surface area contributed by atoms with E-state index in [4.69, 9.17) is 4.74 Å². The van der Waals surface area contributed by atoms with Gasteiger partial charge in [0.1, 0.15) is 5.56 Å². The molecule has 0 amide bonds. The Morgan fingerprint density at radius 1 is 1.50 bits per heavy atom. The lowest BCUT2D eigenvalue weighted by molar-refractivity contribution is 0.0527. The molecule has 2 heterocycles. The fraction of sp³-hybridized carbons (Fsp3) is 0.429. The molecule has 1 saturated carbocycles. The van der Waals surface area contributed by atoms with Crippen LogP contribution in [0.15, 0.2) is 18.2 Å². The van der Waals surface area contributed by atoms with Crippen LogP contribution in [0.25, 0.3) is 5.52 Å². The van der Waals surface area contributed by atoms with Gasteiger partial charge in [-0.15, -0.1) is 0 Å². The number of fused-ring (bicyclic) bond motifs is 1. The maximum Gasteiger partial charge on any atom is 0.342 e. The SMILES string of the molecule is CCOC(=O)c1c(C2CC2)nn2c(C)cccc12. The molecule has 18 heavy (non-hydrogen) atoms. The first-order valence-corrected chi connectivity index (χ1v) is 6.37. The highest BCUT2D eigenvalue weighted by Crippen LogP contribution is 2.42. The Hall–Kier alpha value is -1.84. The standard InChI is InChI=1S/C14H16N2O2/c1-3-18-14(17)12-11-6-4-5-9(2)16(11)15-13(12)10-7-8-10/h4-6,10H,3,7-8H2,1-2H3. The predicted octanol–water partition coefficient (Wildman–Crippen LogP) is 2.70. The molecule has 94 valence electrons. The molecule has 2 aromatic rings. The summed E-state index contributed by atoms with van der Waals surface area (Å²) in [5.41, 5.74) is 3.45. The maximum absolute atomic E-state index is 12.1. The largest absolute Gasteiger partial charge is 0.462 e. The van der Waals surface area contributed by atoms with Gasteiger partial charge in [0, 0.05) is 11.6 Å². The summed E-state index contributed by atoms with van der Waals surface area (Å²) in [7, 11) is 0. The normalized spacial score (nSPS) is 15.0. The number of nitrogens with zero attached hydrogens (tertiary/aromatic N) is 2. The maximum atomic E-state index is 12.1. The van der Waals surface area contributed by atoms with Crippen molar-refractivity contribution >= 4 is 11.5 Å². The highest BCUT2D eigenvalue weighted by molar-refractivity contribution is 5.98. The van der Waals surface area contributed by atoms with Crippen molar-refractivity contribution in [1.82, 2.24) is 9.61 Å². The fourth-order valence-corrected chi connectivity index (χ4v) is 2.28. The van der Waals surface area contributed by atoms with Crippen molar-refractivity contribution in [3.63, 3.8) is 0 Å². The van der Waals surface area contributed by atoms with Crippen molar-refractivity contribution in [3.05, 3.63) is 35.2 Å². The van der Waals surface area contributed by atoms with Crippen LogP contribution in [-0.2, 0) is 4.74 Å². The van der Waals surface area contributed by atoms with Crippen LogP contribution in [-0.4, -0.2) is 22.2 Å². The van der Waals surface area contributed by atoms with E-state index in [1.165, 1.54) is 0 Å². The molecule has 4 nitrogen and oxygen atoms in total. The van der Waals surface area contributed by atoms with E-state index in [0.29, 0.717) is 18.1 Å². The summed E-state index contributed by atoms with van der Waals surface area (Å²) in [6.45, 7) is 4.21. The Bertz CT molecular complexity index is 612. The molecular weight excluding hydrogens is 228 g/mol. The fourth-order valence-electron chi connectivity index (χ4n) is 2.28. The summed E-state index contributed by atoms with van der Waals surface area (Å²) in [4.78, 5) is 12.1. The second-order valence-electron chi connectivity index (χ2n) is 4.72. The second kappa shape index (κ2) is 4.12. The Morgan fingerprint density at radius 2 is 2.28 bits per heavy atom. The minimum Gasteiger partial charge on any atom is -0.462 e. The number of aromatic nitrogens is 2. The summed E-state index contributed by atoms with van der Waals surface area (Å²) in [6.07, 6.45) is 2.24. The van der Waals surface area contributed by atoms with Gasteiger partial charge in [0.25, 0.3) is 0 Å². The molecule has 1 aliphatic rings. The Kier molecular flexibility index (Phi) is 2.58. The zero-order valence-electron chi connectivity index (χ0n) is 10.6. The number of aryl methyl sites for hydroxylation is 1. The highest BCUT2D eigenvalue weighted by atomic mass is 16.5. The predicted molar refractivity (Wildman–Crippen MR) is 67.9 cm³/mol. The van der Waals surface area contributed by atoms with Gasteiger partial charge in [-0.2, -0.15) is 5.10 Å². The number of ether oxygens (including phenoxy) is 1. The number of carbonyl (C=O) groups excluding carboxylic acids is 1. The van der Waals surface area contributed by atoms with E-state index in [1.54, 1.807) is 0 Å². The smallest absolute Gasteiger partial charge is 0.342 e. The first-order valence-electron chi connectivity index (χ1n) is 6.37. The monoisotopic (exact) mass is 244 g/mol. The van der Waals surface area contributed by atoms with Crippen LogP contribution in [0, 0.1) is 6.92 Å². The Morgan fingerprint density at radius 3 is 2.94 bits per heavy atom. The Labute approximate surface area is 106 Å². The molecule has 0 atom stereocenters. The summed E-state index contributed by atoms with van der Waals surface area (Å²) >= 11 is 0. The van der Waals surface area contributed by atoms with Gasteiger partial charge in [0.05, 0.1) is 17.8 Å². The summed E-state index contributed by atoms with van der Waals surface area (Å²) in [5.74, 6) is 0.184. The van der Waals surface area contributed by atoms with E-state index in [2.05, 4.69) is 5.10 Å². The van der Waals surface area contributed by atoms with Gasteiger partial charge in [-0.05, 0) is 38.8 Å². The van der Waals surface area contributed by atoms with Crippen LogP contribution in [0.1, 0.15) is 47.4 Å². The van der Waals surface area contributed by atoms with Gasteiger partial charge in [0.15, 0.2) is 0 Å². The Balaban J connectivity index is 2.22. The van der Waals surface area contributed by atoms with Gasteiger partial charge in [-0.3, -0.25) is 0 Å². The molecular formula is C14H16N2O2. The summed E-state index contributed by atoms with van der Waals surface area (Å²) < 4.78 is 7.01. The van der Waals surface area contributed by atoms with Gasteiger partial charge in [-0.1, -0.05) is 6.07 Å². The van der Waals surface area contributed by atoms with Crippen molar-refractivity contribution in [3.8, 4) is 0 Å². The molecule has 1 fully saturated rings. The van der Waals surface area contributed by atoms with Crippen LogP contribution in [0.3, 0.4) is 0 Å². The average Bonchev–Trinajstić information content (AvgIpc) is 3.10. The third-order valence-electron chi connectivity index (χ3n) is 3.32. The molecule has 0 aliphatic heterocycles. The average molecular weight is 244 g/mol. The second-order valence-corrected chi connectivity index (χ2v) is 4.72. The van der Waals surface area contributed by atoms with Crippen LogP contribution in [0.4, 0.5) is 0 Å². The molecule has 0 N–H and O–H groups in total. The molecule has 4 heteroatoms. The van der Waals surface area contributed by atoms with Crippen LogP contribution < -0.4 is 0 Å². The van der Waals surface area contributed by atoms with Crippen molar-refractivity contribution in [2.45, 2.75) is 32.6 Å². The molecule has 0 spiro atoms. The minimum absolute atomic E-state index is 0.250. The highest BCUT2D eigenvalue weighted by Gasteiger charge is 2.33. The molecule has 3 rings (SSSR count). The van der Waals surface area contributed by atoms with Crippen LogP contribution in [0.5, 0.6) is 0 Å². The molecule has 2 aromatic heterocycles. The number of rotatable bonds is 3. The number of pyridine rings is 1. The molecule has 0 aromatic carbocycles. The topological polar surface area (TPSA) is 43.6 Å². The zero-order valence-corrected chi connectivity index (χ0v) is 10.6. The van der Waals surface area contributed by atoms with Gasteiger partial charge < -0.3 is 4.74 Å². The van der Waals surface area contributed by atoms with E-state index in [9.17, 15) is 4.79 Å². The molecule has 1 aliphatic carbocycles. The van der Waals surface area contributed by atoms with Crippen molar-refractivity contribution in [1.29, 1.82) is 0 Å². The molecule has 0 saturated heterocycles. The summed E-state index contributed by atoms with van der Waals surface area (Å²) in [5, 5.41) is 4.59. The van der Waals surface area contributed by atoms with E-state index in [1.807, 2.05) is 36.6 Å². The lowest BCUT2D eigenvalue weighted by Crippen LogP contribution is -2.06. The summed E-state index contributed by atoms with van der Waals surface area (Å²) in [6, 6.07) is 5.87. The van der Waals surface area contributed by atoms with Gasteiger partial charge in [-0.25, -0.2) is 9.31 Å². The van der Waals surface area contributed by atoms with Crippen molar-refractivity contribution < 1.29 is 9.53 Å². The lowest BCUT2D eigenvalue weighted by atomic mass is 10.1. The molecule has 0 bridgehead atoms. The third kappa shape index (κ3) is 1.68. The van der Waals surface area contributed by atoms with E-state index < -0.39 is 0 Å². The molecule has 0 radical (unpaired) electrons. The first kappa shape index (κ1) is 11.3. The van der Waals surface area contributed by atoms with E-state index in [-0.39, 0.29) is 5.97 Å². The number of hydrogen-bond donors (Lipinski definition) is 0. The first-order chi connectivity index (χ1) is 8.72. The van der Waals surface area contributed by atoms with Crippen molar-refractivity contribution in [2.75, 3.05) is 6.61 Å². The van der Waals surface area contributed by atoms with Crippen molar-refractivity contribution in [2.24, 2.45) is 0 Å². The lowest BCUT2D eigenvalue weighted by Gasteiger charge is -2.02. The zero-order chi connectivity index (χ0) is 12.7. The van der Waals surface area contributed by atoms with E-state index >= 15 is 0 Å². The van der Waals surface area contributed by atoms with E-state index in [0.717, 1.165) is 29.7 Å². The van der Waals surface area contributed by atoms with Gasteiger partial charge >= 0.3 is 5.97 Å². The quantitative estimate of drug-likeness (QED) is 0.780. The van der Waals surface area contributed by atoms with Gasteiger partial charge in [0.2, 0.25) is 0 Å². The number of esters is 1.